The first-order valence-electron chi connectivity index (χ1n) is 6.78. The minimum atomic E-state index is 0.567. The van der Waals surface area contributed by atoms with Crippen LogP contribution in [0.3, 0.4) is 0 Å². The molecule has 1 aliphatic rings. The van der Waals surface area contributed by atoms with Crippen LogP contribution in [-0.4, -0.2) is 55.6 Å². The van der Waals surface area contributed by atoms with E-state index in [9.17, 15) is 0 Å². The van der Waals surface area contributed by atoms with Crippen molar-refractivity contribution in [2.75, 3.05) is 51.3 Å². The van der Waals surface area contributed by atoms with Gasteiger partial charge in [0.15, 0.2) is 0 Å². The van der Waals surface area contributed by atoms with Crippen LogP contribution < -0.4 is 15.0 Å². The van der Waals surface area contributed by atoms with E-state index in [1.54, 1.807) is 7.11 Å². The molecular formula is C14H21N3OS2. The Labute approximate surface area is 131 Å². The molecule has 20 heavy (non-hydrogen) atoms. The Balaban J connectivity index is 1.83. The zero-order valence-electron chi connectivity index (χ0n) is 11.7. The van der Waals surface area contributed by atoms with Gasteiger partial charge in [-0.2, -0.15) is 0 Å². The number of thiocarbonyl (C=S) groups is 1. The lowest BCUT2D eigenvalue weighted by Crippen LogP contribution is -2.48. The van der Waals surface area contributed by atoms with Gasteiger partial charge >= 0.3 is 0 Å². The van der Waals surface area contributed by atoms with Crippen molar-refractivity contribution in [2.45, 2.75) is 0 Å². The maximum Gasteiger partial charge on any atom is 0.142 e. The van der Waals surface area contributed by atoms with Crippen LogP contribution in [0.15, 0.2) is 24.3 Å². The van der Waals surface area contributed by atoms with Crippen LogP contribution in [0.4, 0.5) is 5.69 Å². The second kappa shape index (κ2) is 7.71. The maximum atomic E-state index is 5.43. The lowest BCUT2D eigenvalue weighted by atomic mass is 10.2. The molecule has 0 bridgehead atoms. The fourth-order valence-corrected chi connectivity index (χ4v) is 2.64. The molecule has 6 heteroatoms. The molecule has 4 nitrogen and oxygen atoms in total. The summed E-state index contributed by atoms with van der Waals surface area (Å²) in [5.41, 5.74) is 1.18. The molecule has 1 aliphatic heterocycles. The highest BCUT2D eigenvalue weighted by molar-refractivity contribution is 8.11. The molecule has 0 unspecified atom stereocenters. The third kappa shape index (κ3) is 4.26. The SMILES string of the molecule is COc1ccccc1N1CCN(CCNC(=S)S)CC1. The van der Waals surface area contributed by atoms with E-state index in [1.807, 2.05) is 12.1 Å². The summed E-state index contributed by atoms with van der Waals surface area (Å²) in [5.74, 6) is 0.947. The molecule has 1 fully saturated rings. The Morgan fingerprint density at radius 3 is 2.65 bits per heavy atom. The standard InChI is InChI=1S/C14H21N3OS2/c1-18-13-5-3-2-4-12(13)17-10-8-16(9-11-17)7-6-15-14(19)20/h2-5H,6-11H2,1H3,(H2,15,19,20). The van der Waals surface area contributed by atoms with Crippen molar-refractivity contribution in [3.8, 4) is 5.75 Å². The molecule has 1 aromatic carbocycles. The first kappa shape index (κ1) is 15.4. The van der Waals surface area contributed by atoms with Gasteiger partial charge in [-0.3, -0.25) is 4.90 Å². The second-order valence-electron chi connectivity index (χ2n) is 4.73. The van der Waals surface area contributed by atoms with Crippen LogP contribution in [0.2, 0.25) is 0 Å². The molecule has 110 valence electrons. The molecule has 0 saturated carbocycles. The summed E-state index contributed by atoms with van der Waals surface area (Å²) in [4.78, 5) is 4.82. The molecule has 0 atom stereocenters. The molecule has 1 saturated heterocycles. The van der Waals surface area contributed by atoms with Crippen LogP contribution >= 0.6 is 24.8 Å². The van der Waals surface area contributed by atoms with Crippen molar-refractivity contribution >= 4 is 34.9 Å². The van der Waals surface area contributed by atoms with Gasteiger partial charge in [0.25, 0.3) is 0 Å². The second-order valence-corrected chi connectivity index (χ2v) is 5.89. The number of thiol groups is 1. The number of rotatable bonds is 5. The molecule has 1 N–H and O–H groups in total. The Morgan fingerprint density at radius 1 is 1.30 bits per heavy atom. The van der Waals surface area contributed by atoms with Gasteiger partial charge in [-0.05, 0) is 12.1 Å². The Hall–Kier alpha value is -0.980. The number of ether oxygens (including phenoxy) is 1. The molecule has 1 aromatic rings. The topological polar surface area (TPSA) is 27.7 Å². The molecule has 0 amide bonds. The lowest BCUT2D eigenvalue weighted by molar-refractivity contribution is 0.261. The zero-order valence-corrected chi connectivity index (χ0v) is 13.4. The third-order valence-corrected chi connectivity index (χ3v) is 3.80. The van der Waals surface area contributed by atoms with Crippen molar-refractivity contribution in [1.29, 1.82) is 0 Å². The molecule has 0 spiro atoms. The molecular weight excluding hydrogens is 290 g/mol. The largest absolute Gasteiger partial charge is 0.495 e. The van der Waals surface area contributed by atoms with Gasteiger partial charge in [0, 0.05) is 39.3 Å². The summed E-state index contributed by atoms with van der Waals surface area (Å²) >= 11 is 8.94. The van der Waals surface area contributed by atoms with Gasteiger partial charge in [-0.25, -0.2) is 0 Å². The van der Waals surface area contributed by atoms with Crippen molar-refractivity contribution < 1.29 is 4.74 Å². The first-order chi connectivity index (χ1) is 9.70. The Bertz CT molecular complexity index is 448. The van der Waals surface area contributed by atoms with Crippen molar-refractivity contribution in [3.05, 3.63) is 24.3 Å². The summed E-state index contributed by atoms with van der Waals surface area (Å²) in [6.45, 7) is 6.01. The fourth-order valence-electron chi connectivity index (χ4n) is 2.42. The van der Waals surface area contributed by atoms with Gasteiger partial charge in [0.05, 0.1) is 12.8 Å². The summed E-state index contributed by atoms with van der Waals surface area (Å²) in [6, 6.07) is 8.20. The van der Waals surface area contributed by atoms with Crippen molar-refractivity contribution in [3.63, 3.8) is 0 Å². The highest BCUT2D eigenvalue weighted by Crippen LogP contribution is 2.28. The fraction of sp³-hybridized carbons (Fsp3) is 0.500. The first-order valence-corrected chi connectivity index (χ1v) is 7.63. The van der Waals surface area contributed by atoms with E-state index in [1.165, 1.54) is 5.69 Å². The normalized spacial score (nSPS) is 16.0. The average Bonchev–Trinajstić information content (AvgIpc) is 2.47. The zero-order chi connectivity index (χ0) is 14.4. The highest BCUT2D eigenvalue weighted by atomic mass is 32.1. The lowest BCUT2D eigenvalue weighted by Gasteiger charge is -2.36. The number of nitrogens with one attached hydrogen (secondary N) is 1. The summed E-state index contributed by atoms with van der Waals surface area (Å²) in [5, 5.41) is 3.07. The van der Waals surface area contributed by atoms with Crippen LogP contribution in [0, 0.1) is 0 Å². The summed E-state index contributed by atoms with van der Waals surface area (Å²) < 4.78 is 6.00. The summed E-state index contributed by atoms with van der Waals surface area (Å²) in [6.07, 6.45) is 0. The summed E-state index contributed by atoms with van der Waals surface area (Å²) in [7, 11) is 1.72. The van der Waals surface area contributed by atoms with Gasteiger partial charge in [-0.15, -0.1) is 12.6 Å². The monoisotopic (exact) mass is 311 g/mol. The number of hydrogen-bond acceptors (Lipinski definition) is 4. The average molecular weight is 311 g/mol. The van der Waals surface area contributed by atoms with Crippen LogP contribution in [0.5, 0.6) is 5.75 Å². The predicted octanol–water partition coefficient (Wildman–Crippen LogP) is 1.62. The van der Waals surface area contributed by atoms with E-state index in [0.717, 1.165) is 45.0 Å². The quantitative estimate of drug-likeness (QED) is 0.637. The number of benzene rings is 1. The van der Waals surface area contributed by atoms with Crippen LogP contribution in [-0.2, 0) is 0 Å². The Morgan fingerprint density at radius 2 is 2.00 bits per heavy atom. The number of anilines is 1. The minimum Gasteiger partial charge on any atom is -0.495 e. The van der Waals surface area contributed by atoms with Crippen LogP contribution in [0.25, 0.3) is 0 Å². The van der Waals surface area contributed by atoms with Crippen LogP contribution in [0.1, 0.15) is 0 Å². The molecule has 0 radical (unpaired) electrons. The molecule has 1 heterocycles. The number of nitrogens with zero attached hydrogens (tertiary/aromatic N) is 2. The molecule has 0 aliphatic carbocycles. The van der Waals surface area contributed by atoms with Gasteiger partial charge in [-0.1, -0.05) is 24.4 Å². The molecule has 2 rings (SSSR count). The number of methoxy groups -OCH3 is 1. The molecule has 0 aromatic heterocycles. The van der Waals surface area contributed by atoms with Crippen molar-refractivity contribution in [2.24, 2.45) is 0 Å². The number of piperazine rings is 1. The smallest absolute Gasteiger partial charge is 0.142 e. The third-order valence-electron chi connectivity index (χ3n) is 3.50. The predicted molar refractivity (Wildman–Crippen MR) is 91.2 cm³/mol. The van der Waals surface area contributed by atoms with E-state index in [-0.39, 0.29) is 0 Å². The van der Waals surface area contributed by atoms with E-state index in [4.69, 9.17) is 17.0 Å². The number of hydrogen-bond donors (Lipinski definition) is 2. The van der Waals surface area contributed by atoms with Gasteiger partial charge in [0.2, 0.25) is 0 Å². The maximum absolute atomic E-state index is 5.43. The van der Waals surface area contributed by atoms with Gasteiger partial charge in [0.1, 0.15) is 10.1 Å². The van der Waals surface area contributed by atoms with E-state index in [2.05, 4.69) is 39.9 Å². The van der Waals surface area contributed by atoms with E-state index < -0.39 is 0 Å². The van der Waals surface area contributed by atoms with E-state index in [0.29, 0.717) is 4.32 Å². The highest BCUT2D eigenvalue weighted by Gasteiger charge is 2.18. The number of para-hydroxylation sites is 2. The van der Waals surface area contributed by atoms with Crippen molar-refractivity contribution in [1.82, 2.24) is 10.2 Å². The minimum absolute atomic E-state index is 0.567. The van der Waals surface area contributed by atoms with Gasteiger partial charge < -0.3 is 15.0 Å². The van der Waals surface area contributed by atoms with E-state index >= 15 is 0 Å². The Kier molecular flexibility index (Phi) is 5.94.